The lowest BCUT2D eigenvalue weighted by molar-refractivity contribution is -0.120. The molecular weight excluding hydrogens is 148 g/mol. The Morgan fingerprint density at radius 1 is 1.17 bits per heavy atom. The van der Waals surface area contributed by atoms with Gasteiger partial charge in [-0.25, -0.2) is 0 Å². The molecule has 0 aromatic heterocycles. The van der Waals surface area contributed by atoms with Crippen LogP contribution in [0.25, 0.3) is 0 Å². The van der Waals surface area contributed by atoms with Crippen molar-refractivity contribution in [2.45, 2.75) is 12.8 Å². The van der Waals surface area contributed by atoms with Crippen LogP contribution in [0.3, 0.4) is 0 Å². The second kappa shape index (κ2) is 3.10. The van der Waals surface area contributed by atoms with Gasteiger partial charge < -0.3 is 0 Å². The molecule has 0 amide bonds. The summed E-state index contributed by atoms with van der Waals surface area (Å²) in [5.41, 5.74) is 0. The molecule has 0 saturated heterocycles. The number of ketones is 1. The number of fused-ring (bicyclic) bond motifs is 3. The van der Waals surface area contributed by atoms with Gasteiger partial charge in [-0.1, -0.05) is 36.5 Å². The molecule has 1 nitrogen and oxygen atoms in total. The summed E-state index contributed by atoms with van der Waals surface area (Å²) in [5.74, 6) is 0.831. The van der Waals surface area contributed by atoms with Gasteiger partial charge in [0.25, 0.3) is 0 Å². The van der Waals surface area contributed by atoms with Crippen LogP contribution in [0, 0.1) is 11.8 Å². The second-order valence-electron chi connectivity index (χ2n) is 3.39. The van der Waals surface area contributed by atoms with E-state index in [0.717, 1.165) is 6.42 Å². The maximum Gasteiger partial charge on any atom is 0.144 e. The van der Waals surface area contributed by atoms with Crippen LogP contribution in [0.15, 0.2) is 36.5 Å². The lowest BCUT2D eigenvalue weighted by atomic mass is 9.94. The van der Waals surface area contributed by atoms with Gasteiger partial charge in [0.15, 0.2) is 0 Å². The Morgan fingerprint density at radius 2 is 2.00 bits per heavy atom. The van der Waals surface area contributed by atoms with Crippen LogP contribution in [0.1, 0.15) is 12.8 Å². The molecule has 0 spiro atoms. The standard InChI is InChI=1S/C11H12O/c12-11-8-9-4-1-2-6-10(11)7-3-5-9/h1-4,6-7,9-10H,5,8H2/b4-1-,6-2-. The van der Waals surface area contributed by atoms with Crippen molar-refractivity contribution in [1.29, 1.82) is 0 Å². The molecule has 0 heterocycles. The van der Waals surface area contributed by atoms with Gasteiger partial charge in [-0.2, -0.15) is 0 Å². The summed E-state index contributed by atoms with van der Waals surface area (Å²) in [4.78, 5) is 11.5. The highest BCUT2D eigenvalue weighted by molar-refractivity contribution is 5.85. The highest BCUT2D eigenvalue weighted by atomic mass is 16.1. The van der Waals surface area contributed by atoms with E-state index in [-0.39, 0.29) is 5.92 Å². The van der Waals surface area contributed by atoms with Crippen molar-refractivity contribution >= 4 is 5.78 Å². The summed E-state index contributed by atoms with van der Waals surface area (Å²) in [6.07, 6.45) is 14.0. The summed E-state index contributed by atoms with van der Waals surface area (Å²) in [7, 11) is 0. The van der Waals surface area contributed by atoms with Gasteiger partial charge in [0.2, 0.25) is 0 Å². The molecule has 0 aromatic carbocycles. The molecule has 0 fully saturated rings. The first-order chi connectivity index (χ1) is 5.86. The van der Waals surface area contributed by atoms with Crippen LogP contribution in [-0.2, 0) is 4.79 Å². The van der Waals surface area contributed by atoms with E-state index in [1.165, 1.54) is 0 Å². The summed E-state index contributed by atoms with van der Waals surface area (Å²) in [5, 5.41) is 0. The number of Topliss-reactive ketones (excluding diaryl/α,β-unsaturated/α-hetero) is 1. The van der Waals surface area contributed by atoms with Gasteiger partial charge in [-0.15, -0.1) is 0 Å². The zero-order valence-corrected chi connectivity index (χ0v) is 6.94. The van der Waals surface area contributed by atoms with Crippen LogP contribution in [0.2, 0.25) is 0 Å². The van der Waals surface area contributed by atoms with Crippen molar-refractivity contribution in [1.82, 2.24) is 0 Å². The molecule has 2 atom stereocenters. The molecule has 2 aliphatic carbocycles. The highest BCUT2D eigenvalue weighted by Crippen LogP contribution is 2.23. The normalized spacial score (nSPS) is 38.5. The van der Waals surface area contributed by atoms with Gasteiger partial charge >= 0.3 is 0 Å². The fourth-order valence-corrected chi connectivity index (χ4v) is 1.71. The minimum Gasteiger partial charge on any atom is -0.299 e. The number of carbonyl (C=O) groups is 1. The first kappa shape index (κ1) is 7.53. The van der Waals surface area contributed by atoms with Crippen molar-refractivity contribution in [3.8, 4) is 0 Å². The third kappa shape index (κ3) is 1.40. The van der Waals surface area contributed by atoms with Crippen molar-refractivity contribution < 1.29 is 4.79 Å². The van der Waals surface area contributed by atoms with Crippen molar-refractivity contribution in [2.75, 3.05) is 0 Å². The molecule has 2 bridgehead atoms. The quantitative estimate of drug-likeness (QED) is 0.497. The molecular formula is C11H12O. The zero-order valence-electron chi connectivity index (χ0n) is 6.94. The Labute approximate surface area is 72.5 Å². The van der Waals surface area contributed by atoms with Crippen LogP contribution < -0.4 is 0 Å². The Hall–Kier alpha value is -1.11. The molecule has 2 aliphatic rings. The minimum atomic E-state index is 0.0416. The molecule has 2 rings (SSSR count). The SMILES string of the molecule is O=C1CC2/C=C\C=C/C1C=CC2. The zero-order chi connectivity index (χ0) is 8.39. The molecule has 0 aromatic rings. The fraction of sp³-hybridized carbons (Fsp3) is 0.364. The number of hydrogen-bond donors (Lipinski definition) is 0. The molecule has 12 heavy (non-hydrogen) atoms. The highest BCUT2D eigenvalue weighted by Gasteiger charge is 2.20. The second-order valence-corrected chi connectivity index (χ2v) is 3.39. The summed E-state index contributed by atoms with van der Waals surface area (Å²) in [6.45, 7) is 0. The molecule has 0 radical (unpaired) electrons. The molecule has 0 aliphatic heterocycles. The molecule has 1 heteroatoms. The van der Waals surface area contributed by atoms with Crippen LogP contribution >= 0.6 is 0 Å². The van der Waals surface area contributed by atoms with E-state index in [4.69, 9.17) is 0 Å². The van der Waals surface area contributed by atoms with E-state index in [2.05, 4.69) is 18.2 Å². The third-order valence-corrected chi connectivity index (χ3v) is 2.43. The van der Waals surface area contributed by atoms with Gasteiger partial charge in [-0.05, 0) is 12.3 Å². The average Bonchev–Trinajstić information content (AvgIpc) is 2.18. The Balaban J connectivity index is 2.35. The smallest absolute Gasteiger partial charge is 0.144 e. The lowest BCUT2D eigenvalue weighted by Gasteiger charge is -2.10. The monoisotopic (exact) mass is 160 g/mol. The van der Waals surface area contributed by atoms with E-state index < -0.39 is 0 Å². The predicted molar refractivity (Wildman–Crippen MR) is 48.6 cm³/mol. The maximum absolute atomic E-state index is 11.5. The Kier molecular flexibility index (Phi) is 1.94. The number of carbonyl (C=O) groups excluding carboxylic acids is 1. The number of hydrogen-bond acceptors (Lipinski definition) is 1. The lowest BCUT2D eigenvalue weighted by Crippen LogP contribution is -2.12. The van der Waals surface area contributed by atoms with Gasteiger partial charge in [0, 0.05) is 6.42 Å². The average molecular weight is 160 g/mol. The van der Waals surface area contributed by atoms with E-state index in [1.807, 2.05) is 18.2 Å². The van der Waals surface area contributed by atoms with E-state index in [1.54, 1.807) is 0 Å². The maximum atomic E-state index is 11.5. The topological polar surface area (TPSA) is 17.1 Å². The number of allylic oxidation sites excluding steroid dienone is 6. The van der Waals surface area contributed by atoms with Gasteiger partial charge in [0.05, 0.1) is 5.92 Å². The van der Waals surface area contributed by atoms with E-state index in [9.17, 15) is 4.79 Å². The molecule has 0 saturated carbocycles. The summed E-state index contributed by atoms with van der Waals surface area (Å²) < 4.78 is 0. The molecule has 2 unspecified atom stereocenters. The molecule has 0 N–H and O–H groups in total. The van der Waals surface area contributed by atoms with E-state index >= 15 is 0 Å². The van der Waals surface area contributed by atoms with E-state index in [0.29, 0.717) is 18.1 Å². The van der Waals surface area contributed by atoms with Gasteiger partial charge in [-0.3, -0.25) is 4.79 Å². The van der Waals surface area contributed by atoms with Crippen LogP contribution in [0.4, 0.5) is 0 Å². The number of rotatable bonds is 0. The fourth-order valence-electron chi connectivity index (χ4n) is 1.71. The summed E-state index contributed by atoms with van der Waals surface area (Å²) in [6, 6.07) is 0. The van der Waals surface area contributed by atoms with Crippen molar-refractivity contribution in [3.05, 3.63) is 36.5 Å². The van der Waals surface area contributed by atoms with Crippen molar-refractivity contribution in [2.24, 2.45) is 11.8 Å². The minimum absolute atomic E-state index is 0.0416. The largest absolute Gasteiger partial charge is 0.299 e. The first-order valence-corrected chi connectivity index (χ1v) is 4.40. The van der Waals surface area contributed by atoms with Gasteiger partial charge in [0.1, 0.15) is 5.78 Å². The predicted octanol–water partition coefficient (Wildman–Crippen LogP) is 2.26. The Morgan fingerprint density at radius 3 is 2.92 bits per heavy atom. The summed E-state index contributed by atoms with van der Waals surface area (Å²) >= 11 is 0. The van der Waals surface area contributed by atoms with Crippen molar-refractivity contribution in [3.63, 3.8) is 0 Å². The first-order valence-electron chi connectivity index (χ1n) is 4.40. The Bertz CT molecular complexity index is 271. The third-order valence-electron chi connectivity index (χ3n) is 2.43. The van der Waals surface area contributed by atoms with Crippen LogP contribution in [-0.4, -0.2) is 5.78 Å². The van der Waals surface area contributed by atoms with Crippen LogP contribution in [0.5, 0.6) is 0 Å². The molecule has 62 valence electrons.